The lowest BCUT2D eigenvalue weighted by Crippen LogP contribution is -2.07. The number of nitrogen functional groups attached to an aromatic ring is 1. The van der Waals surface area contributed by atoms with Gasteiger partial charge in [-0.25, -0.2) is 12.8 Å². The number of sulfone groups is 1. The van der Waals surface area contributed by atoms with E-state index in [2.05, 4.69) is 0 Å². The average molecular weight is 299 g/mol. The molecule has 0 bridgehead atoms. The lowest BCUT2D eigenvalue weighted by molar-refractivity contribution is 0.595. The fourth-order valence-electron chi connectivity index (χ4n) is 1.76. The Morgan fingerprint density at radius 2 is 1.89 bits per heavy atom. The lowest BCUT2D eigenvalue weighted by atomic mass is 10.3. The third kappa shape index (κ3) is 3.13. The van der Waals surface area contributed by atoms with Crippen molar-refractivity contribution in [3.05, 3.63) is 45.9 Å². The Kier molecular flexibility index (Phi) is 3.91. The van der Waals surface area contributed by atoms with Gasteiger partial charge >= 0.3 is 0 Å². The van der Waals surface area contributed by atoms with Gasteiger partial charge in [-0.05, 0) is 36.8 Å². The second-order valence-corrected chi connectivity index (χ2v) is 7.37. The van der Waals surface area contributed by atoms with E-state index in [9.17, 15) is 12.8 Å². The number of hydrogen-bond acceptors (Lipinski definition) is 4. The maximum absolute atomic E-state index is 12.9. The third-order valence-corrected chi connectivity index (χ3v) is 5.85. The molecule has 1 heterocycles. The van der Waals surface area contributed by atoms with Gasteiger partial charge in [-0.2, -0.15) is 0 Å². The van der Waals surface area contributed by atoms with Gasteiger partial charge in [0.25, 0.3) is 0 Å². The van der Waals surface area contributed by atoms with Crippen LogP contribution in [0.4, 0.5) is 10.1 Å². The topological polar surface area (TPSA) is 60.2 Å². The molecule has 0 aliphatic heterocycles. The van der Waals surface area contributed by atoms with E-state index in [1.54, 1.807) is 6.07 Å². The summed E-state index contributed by atoms with van der Waals surface area (Å²) in [6.45, 7) is 2.02. The molecular weight excluding hydrogens is 285 g/mol. The molecule has 19 heavy (non-hydrogen) atoms. The zero-order chi connectivity index (χ0) is 14.0. The van der Waals surface area contributed by atoms with Gasteiger partial charge in [0, 0.05) is 9.75 Å². The van der Waals surface area contributed by atoms with Crippen molar-refractivity contribution in [2.45, 2.75) is 24.0 Å². The average Bonchev–Trinajstić information content (AvgIpc) is 2.75. The first kappa shape index (κ1) is 14.0. The van der Waals surface area contributed by atoms with Crippen LogP contribution in [0.25, 0.3) is 0 Å². The molecule has 0 fully saturated rings. The molecule has 0 amide bonds. The quantitative estimate of drug-likeness (QED) is 0.697. The standard InChI is InChI=1S/C13H14FNO2S2/c1-2-10-4-5-11(18-10)8-19(16,17)13-6-3-9(14)7-12(13)15/h3-7H,2,8,15H2,1H3. The molecule has 0 aliphatic carbocycles. The number of anilines is 1. The minimum Gasteiger partial charge on any atom is -0.398 e. The van der Waals surface area contributed by atoms with Crippen molar-refractivity contribution in [2.75, 3.05) is 5.73 Å². The second kappa shape index (κ2) is 5.30. The molecule has 1 aromatic carbocycles. The van der Waals surface area contributed by atoms with Gasteiger partial charge in [0.2, 0.25) is 0 Å². The van der Waals surface area contributed by atoms with E-state index in [0.717, 1.165) is 28.3 Å². The summed E-state index contributed by atoms with van der Waals surface area (Å²) in [4.78, 5) is 1.89. The highest BCUT2D eigenvalue weighted by molar-refractivity contribution is 7.91. The molecule has 102 valence electrons. The monoisotopic (exact) mass is 299 g/mol. The molecule has 2 N–H and O–H groups in total. The molecule has 0 saturated carbocycles. The first-order valence-electron chi connectivity index (χ1n) is 5.77. The number of benzene rings is 1. The van der Waals surface area contributed by atoms with E-state index >= 15 is 0 Å². The van der Waals surface area contributed by atoms with E-state index in [-0.39, 0.29) is 16.3 Å². The molecule has 0 radical (unpaired) electrons. The van der Waals surface area contributed by atoms with Gasteiger partial charge in [-0.1, -0.05) is 6.92 Å². The molecule has 0 saturated heterocycles. The summed E-state index contributed by atoms with van der Waals surface area (Å²) in [5, 5.41) is 0. The molecule has 0 spiro atoms. The summed E-state index contributed by atoms with van der Waals surface area (Å²) in [5.41, 5.74) is 5.53. The van der Waals surface area contributed by atoms with Gasteiger partial charge in [0.15, 0.2) is 9.84 Å². The largest absolute Gasteiger partial charge is 0.398 e. The fraction of sp³-hybridized carbons (Fsp3) is 0.231. The van der Waals surface area contributed by atoms with Crippen molar-refractivity contribution in [1.29, 1.82) is 0 Å². The minimum absolute atomic E-state index is 0.0136. The summed E-state index contributed by atoms with van der Waals surface area (Å²) in [7, 11) is -3.54. The molecule has 2 rings (SSSR count). The van der Waals surface area contributed by atoms with Crippen LogP contribution < -0.4 is 5.73 Å². The van der Waals surface area contributed by atoms with Crippen molar-refractivity contribution in [2.24, 2.45) is 0 Å². The number of rotatable bonds is 4. The first-order chi connectivity index (χ1) is 8.92. The Morgan fingerprint density at radius 1 is 1.21 bits per heavy atom. The number of nitrogens with two attached hydrogens (primary N) is 1. The highest BCUT2D eigenvalue weighted by Crippen LogP contribution is 2.26. The summed E-state index contributed by atoms with van der Waals surface area (Å²) >= 11 is 1.47. The maximum atomic E-state index is 12.9. The van der Waals surface area contributed by atoms with Crippen molar-refractivity contribution in [3.63, 3.8) is 0 Å². The Bertz CT molecular complexity index is 692. The van der Waals surface area contributed by atoms with Crippen LogP contribution in [0.15, 0.2) is 35.2 Å². The summed E-state index contributed by atoms with van der Waals surface area (Å²) in [6.07, 6.45) is 0.878. The zero-order valence-corrected chi connectivity index (χ0v) is 12.0. The van der Waals surface area contributed by atoms with Gasteiger partial charge in [0.05, 0.1) is 16.3 Å². The van der Waals surface area contributed by atoms with E-state index in [1.165, 1.54) is 17.4 Å². The number of thiophene rings is 1. The van der Waals surface area contributed by atoms with Crippen molar-refractivity contribution < 1.29 is 12.8 Å². The van der Waals surface area contributed by atoms with Crippen LogP contribution in [0.1, 0.15) is 16.7 Å². The molecule has 0 unspecified atom stereocenters. The smallest absolute Gasteiger partial charge is 0.185 e. The predicted molar refractivity (Wildman–Crippen MR) is 75.4 cm³/mol. The fourth-order valence-corrected chi connectivity index (χ4v) is 4.53. The Morgan fingerprint density at radius 3 is 2.47 bits per heavy atom. The number of halogens is 1. The SMILES string of the molecule is CCc1ccc(CS(=O)(=O)c2ccc(F)cc2N)s1. The molecule has 0 aliphatic rings. The van der Waals surface area contributed by atoms with Gasteiger partial charge in [0.1, 0.15) is 5.82 Å². The van der Waals surface area contributed by atoms with Crippen LogP contribution in [0.3, 0.4) is 0 Å². The van der Waals surface area contributed by atoms with E-state index < -0.39 is 15.7 Å². The van der Waals surface area contributed by atoms with Crippen LogP contribution in [0.2, 0.25) is 0 Å². The van der Waals surface area contributed by atoms with E-state index in [1.807, 2.05) is 13.0 Å². The summed E-state index contributed by atoms with van der Waals surface area (Å²) < 4.78 is 37.4. The molecule has 3 nitrogen and oxygen atoms in total. The highest BCUT2D eigenvalue weighted by atomic mass is 32.2. The third-order valence-electron chi connectivity index (χ3n) is 2.70. The molecule has 6 heteroatoms. The van der Waals surface area contributed by atoms with Crippen molar-refractivity contribution in [1.82, 2.24) is 0 Å². The molecule has 1 aromatic heterocycles. The van der Waals surface area contributed by atoms with Gasteiger partial charge in [-0.3, -0.25) is 0 Å². The maximum Gasteiger partial charge on any atom is 0.185 e. The van der Waals surface area contributed by atoms with Crippen molar-refractivity contribution >= 4 is 26.9 Å². The minimum atomic E-state index is -3.54. The summed E-state index contributed by atoms with van der Waals surface area (Å²) in [6, 6.07) is 7.08. The Labute approximate surface area is 115 Å². The Balaban J connectivity index is 2.32. The molecule has 2 aromatic rings. The van der Waals surface area contributed by atoms with Gasteiger partial charge in [-0.15, -0.1) is 11.3 Å². The van der Waals surface area contributed by atoms with Crippen LogP contribution in [0.5, 0.6) is 0 Å². The number of aryl methyl sites for hydroxylation is 1. The lowest BCUT2D eigenvalue weighted by Gasteiger charge is -2.06. The van der Waals surface area contributed by atoms with Crippen LogP contribution in [-0.4, -0.2) is 8.42 Å². The molecular formula is C13H14FNO2S2. The van der Waals surface area contributed by atoms with Crippen LogP contribution in [-0.2, 0) is 22.0 Å². The van der Waals surface area contributed by atoms with Gasteiger partial charge < -0.3 is 5.73 Å². The number of hydrogen-bond donors (Lipinski definition) is 1. The first-order valence-corrected chi connectivity index (χ1v) is 8.24. The Hall–Kier alpha value is -1.40. The van der Waals surface area contributed by atoms with E-state index in [4.69, 9.17) is 5.73 Å². The van der Waals surface area contributed by atoms with Crippen molar-refractivity contribution in [3.8, 4) is 0 Å². The van der Waals surface area contributed by atoms with Crippen LogP contribution >= 0.6 is 11.3 Å². The van der Waals surface area contributed by atoms with E-state index in [0.29, 0.717) is 0 Å². The summed E-state index contributed by atoms with van der Waals surface area (Å²) in [5.74, 6) is -0.645. The normalized spacial score (nSPS) is 11.7. The van der Waals surface area contributed by atoms with Crippen LogP contribution in [0, 0.1) is 5.82 Å². The molecule has 0 atom stereocenters. The zero-order valence-electron chi connectivity index (χ0n) is 10.4. The highest BCUT2D eigenvalue weighted by Gasteiger charge is 2.19. The second-order valence-electron chi connectivity index (χ2n) is 4.16. The predicted octanol–water partition coefficient (Wildman–Crippen LogP) is 3.01.